The van der Waals surface area contributed by atoms with Gasteiger partial charge in [-0.25, -0.2) is 4.98 Å². The molecule has 3 rings (SSSR count). The number of methoxy groups -OCH3 is 3. The van der Waals surface area contributed by atoms with E-state index in [0.29, 0.717) is 28.7 Å². The summed E-state index contributed by atoms with van der Waals surface area (Å²) in [6.45, 7) is 0. The molecule has 1 aromatic heterocycles. The molecule has 1 aromatic carbocycles. The number of hydrogen-bond acceptors (Lipinski definition) is 4. The molecule has 6 heteroatoms. The second-order valence-corrected chi connectivity index (χ2v) is 6.45. The van der Waals surface area contributed by atoms with Crippen LogP contribution in [0.15, 0.2) is 24.5 Å². The first-order valence-corrected chi connectivity index (χ1v) is 8.53. The van der Waals surface area contributed by atoms with Gasteiger partial charge in [0.25, 0.3) is 0 Å². The Hall–Kier alpha value is -1.72. The molecule has 5 nitrogen and oxygen atoms in total. The Kier molecular flexibility index (Phi) is 5.31. The zero-order valence-electron chi connectivity index (χ0n) is 14.3. The van der Waals surface area contributed by atoms with E-state index in [1.165, 1.54) is 0 Å². The van der Waals surface area contributed by atoms with Gasteiger partial charge in [-0.15, -0.1) is 0 Å². The molecule has 0 radical (unpaired) electrons. The normalized spacial score (nSPS) is 20.8. The van der Waals surface area contributed by atoms with Crippen LogP contribution in [-0.2, 0) is 4.74 Å². The van der Waals surface area contributed by atoms with Crippen LogP contribution in [0, 0.1) is 0 Å². The first kappa shape index (κ1) is 17.1. The molecule has 2 aromatic rings. The van der Waals surface area contributed by atoms with Gasteiger partial charge in [-0.3, -0.25) is 0 Å². The number of imidazole rings is 1. The fourth-order valence-corrected chi connectivity index (χ4v) is 3.68. The molecule has 0 amide bonds. The van der Waals surface area contributed by atoms with Crippen molar-refractivity contribution in [3.8, 4) is 22.9 Å². The van der Waals surface area contributed by atoms with E-state index < -0.39 is 0 Å². The Bertz CT molecular complexity index is 694. The Labute approximate surface area is 147 Å². The summed E-state index contributed by atoms with van der Waals surface area (Å²) in [4.78, 5) is 4.56. The topological polar surface area (TPSA) is 45.5 Å². The molecule has 0 atom stereocenters. The molecule has 0 saturated heterocycles. The van der Waals surface area contributed by atoms with Gasteiger partial charge in [-0.05, 0) is 31.7 Å². The minimum Gasteiger partial charge on any atom is -0.493 e. The van der Waals surface area contributed by atoms with Crippen LogP contribution in [0.25, 0.3) is 11.4 Å². The molecular weight excluding hydrogens is 328 g/mol. The number of nitrogens with zero attached hydrogens (tertiary/aromatic N) is 2. The van der Waals surface area contributed by atoms with Crippen LogP contribution in [0.1, 0.15) is 31.7 Å². The number of hydrogen-bond donors (Lipinski definition) is 0. The van der Waals surface area contributed by atoms with Crippen LogP contribution < -0.4 is 9.47 Å². The van der Waals surface area contributed by atoms with Crippen molar-refractivity contribution in [2.75, 3.05) is 21.3 Å². The van der Waals surface area contributed by atoms with Crippen molar-refractivity contribution in [3.63, 3.8) is 0 Å². The number of benzene rings is 1. The van der Waals surface area contributed by atoms with E-state index in [1.807, 2.05) is 18.5 Å². The SMILES string of the molecule is COc1cc(Cl)cc(-c2nccn2C2CCC(OC)CC2)c1OC. The predicted molar refractivity (Wildman–Crippen MR) is 94.1 cm³/mol. The molecule has 130 valence electrons. The van der Waals surface area contributed by atoms with Crippen LogP contribution in [0.4, 0.5) is 0 Å². The molecule has 24 heavy (non-hydrogen) atoms. The van der Waals surface area contributed by atoms with Crippen molar-refractivity contribution < 1.29 is 14.2 Å². The molecule has 0 unspecified atom stereocenters. The van der Waals surface area contributed by atoms with Gasteiger partial charge in [-0.1, -0.05) is 11.6 Å². The van der Waals surface area contributed by atoms with Crippen molar-refractivity contribution in [2.24, 2.45) is 0 Å². The third-order valence-electron chi connectivity index (χ3n) is 4.72. The molecule has 1 fully saturated rings. The Morgan fingerprint density at radius 2 is 1.83 bits per heavy atom. The standard InChI is InChI=1S/C18H23ClN2O3/c1-22-14-6-4-13(5-7-14)21-9-8-20-18(21)15-10-12(19)11-16(23-2)17(15)24-3/h8-11,13-14H,4-7H2,1-3H3. The smallest absolute Gasteiger partial charge is 0.171 e. The molecule has 0 N–H and O–H groups in total. The van der Waals surface area contributed by atoms with Gasteiger partial charge in [0, 0.05) is 36.6 Å². The summed E-state index contributed by atoms with van der Waals surface area (Å²) in [5.74, 6) is 2.12. The van der Waals surface area contributed by atoms with Crippen molar-refractivity contribution in [1.29, 1.82) is 0 Å². The summed E-state index contributed by atoms with van der Waals surface area (Å²) in [7, 11) is 5.03. The van der Waals surface area contributed by atoms with Gasteiger partial charge in [0.15, 0.2) is 11.5 Å². The fourth-order valence-electron chi connectivity index (χ4n) is 3.47. The fraction of sp³-hybridized carbons (Fsp3) is 0.500. The third-order valence-corrected chi connectivity index (χ3v) is 4.94. The van der Waals surface area contributed by atoms with Gasteiger partial charge >= 0.3 is 0 Å². The Morgan fingerprint density at radius 1 is 1.08 bits per heavy atom. The number of halogens is 1. The van der Waals surface area contributed by atoms with Crippen LogP contribution >= 0.6 is 11.6 Å². The summed E-state index contributed by atoms with van der Waals surface area (Å²) in [6.07, 6.45) is 8.49. The quantitative estimate of drug-likeness (QED) is 0.804. The van der Waals surface area contributed by atoms with Gasteiger partial charge in [0.2, 0.25) is 0 Å². The predicted octanol–water partition coefficient (Wildman–Crippen LogP) is 4.35. The minimum absolute atomic E-state index is 0.369. The molecular formula is C18H23ClN2O3. The van der Waals surface area contributed by atoms with E-state index in [-0.39, 0.29) is 0 Å². The van der Waals surface area contributed by atoms with Crippen molar-refractivity contribution in [2.45, 2.75) is 37.8 Å². The lowest BCUT2D eigenvalue weighted by Crippen LogP contribution is -2.22. The zero-order chi connectivity index (χ0) is 17.1. The Morgan fingerprint density at radius 3 is 2.46 bits per heavy atom. The summed E-state index contributed by atoms with van der Waals surface area (Å²) in [5.41, 5.74) is 0.848. The summed E-state index contributed by atoms with van der Waals surface area (Å²) in [5, 5.41) is 0.597. The molecule has 1 aliphatic carbocycles. The summed E-state index contributed by atoms with van der Waals surface area (Å²) >= 11 is 6.26. The monoisotopic (exact) mass is 350 g/mol. The Balaban J connectivity index is 1.98. The van der Waals surface area contributed by atoms with E-state index in [4.69, 9.17) is 25.8 Å². The molecule has 0 spiro atoms. The van der Waals surface area contributed by atoms with E-state index in [9.17, 15) is 0 Å². The number of rotatable bonds is 5. The van der Waals surface area contributed by atoms with Crippen molar-refractivity contribution >= 4 is 11.6 Å². The second-order valence-electron chi connectivity index (χ2n) is 6.01. The maximum absolute atomic E-state index is 6.26. The van der Waals surface area contributed by atoms with Gasteiger partial charge in [0.1, 0.15) is 5.82 Å². The van der Waals surface area contributed by atoms with Gasteiger partial charge in [-0.2, -0.15) is 0 Å². The minimum atomic E-state index is 0.369. The first-order valence-electron chi connectivity index (χ1n) is 8.15. The van der Waals surface area contributed by atoms with Crippen LogP contribution in [0.5, 0.6) is 11.5 Å². The van der Waals surface area contributed by atoms with Crippen molar-refractivity contribution in [1.82, 2.24) is 9.55 Å². The van der Waals surface area contributed by atoms with E-state index in [2.05, 4.69) is 9.55 Å². The highest BCUT2D eigenvalue weighted by Crippen LogP contribution is 2.42. The summed E-state index contributed by atoms with van der Waals surface area (Å²) in [6, 6.07) is 4.03. The lowest BCUT2D eigenvalue weighted by molar-refractivity contribution is 0.0586. The van der Waals surface area contributed by atoms with E-state index in [0.717, 1.165) is 37.1 Å². The van der Waals surface area contributed by atoms with Crippen LogP contribution in [-0.4, -0.2) is 37.0 Å². The number of aromatic nitrogens is 2. The molecule has 0 bridgehead atoms. The van der Waals surface area contributed by atoms with Crippen LogP contribution in [0.3, 0.4) is 0 Å². The molecule has 1 heterocycles. The maximum Gasteiger partial charge on any atom is 0.171 e. The highest BCUT2D eigenvalue weighted by molar-refractivity contribution is 6.31. The van der Waals surface area contributed by atoms with Crippen LogP contribution in [0.2, 0.25) is 5.02 Å². The average molecular weight is 351 g/mol. The molecule has 1 aliphatic rings. The third kappa shape index (κ3) is 3.23. The van der Waals surface area contributed by atoms with Gasteiger partial charge in [0.05, 0.1) is 25.9 Å². The number of ether oxygens (including phenoxy) is 3. The second kappa shape index (κ2) is 7.45. The van der Waals surface area contributed by atoms with Crippen molar-refractivity contribution in [3.05, 3.63) is 29.5 Å². The average Bonchev–Trinajstić information content (AvgIpc) is 3.10. The summed E-state index contributed by atoms with van der Waals surface area (Å²) < 4.78 is 18.7. The van der Waals surface area contributed by atoms with E-state index >= 15 is 0 Å². The molecule has 0 aliphatic heterocycles. The van der Waals surface area contributed by atoms with E-state index in [1.54, 1.807) is 27.4 Å². The first-order chi connectivity index (χ1) is 11.7. The highest BCUT2D eigenvalue weighted by atomic mass is 35.5. The highest BCUT2D eigenvalue weighted by Gasteiger charge is 2.25. The van der Waals surface area contributed by atoms with Gasteiger partial charge < -0.3 is 18.8 Å². The zero-order valence-corrected chi connectivity index (χ0v) is 15.0. The largest absolute Gasteiger partial charge is 0.493 e. The maximum atomic E-state index is 6.26. The molecule has 1 saturated carbocycles. The lowest BCUT2D eigenvalue weighted by Gasteiger charge is -2.29. The lowest BCUT2D eigenvalue weighted by atomic mass is 9.92.